The third-order valence-electron chi connectivity index (χ3n) is 1.08. The predicted molar refractivity (Wildman–Crippen MR) is 42.0 cm³/mol. The summed E-state index contributed by atoms with van der Waals surface area (Å²) in [5, 5.41) is 0. The summed E-state index contributed by atoms with van der Waals surface area (Å²) in [4.78, 5) is 0. The topological polar surface area (TPSA) is 0 Å². The Morgan fingerprint density at radius 1 is 1.38 bits per heavy atom. The molecule has 0 aliphatic carbocycles. The average Bonchev–Trinajstić information content (AvgIpc) is 1.66. The van der Waals surface area contributed by atoms with Crippen molar-refractivity contribution in [3.63, 3.8) is 0 Å². The van der Waals surface area contributed by atoms with Gasteiger partial charge in [-0.05, 0) is 0 Å². The van der Waals surface area contributed by atoms with Gasteiger partial charge in [0, 0.05) is 0 Å². The van der Waals surface area contributed by atoms with E-state index in [0.29, 0.717) is 0 Å². The number of hydrogen-bond acceptors (Lipinski definition) is 0. The van der Waals surface area contributed by atoms with E-state index in [9.17, 15) is 0 Å². The van der Waals surface area contributed by atoms with Crippen molar-refractivity contribution in [1.82, 2.24) is 0 Å². The van der Waals surface area contributed by atoms with Gasteiger partial charge in [0.15, 0.2) is 0 Å². The minimum atomic E-state index is -0.0951. The maximum atomic E-state index is 2.37. The van der Waals surface area contributed by atoms with Crippen LogP contribution in [-0.2, 0) is 0 Å². The summed E-state index contributed by atoms with van der Waals surface area (Å²) in [6, 6.07) is 0. The zero-order valence-electron chi connectivity index (χ0n) is 6.20. The van der Waals surface area contributed by atoms with E-state index in [4.69, 9.17) is 0 Å². The Morgan fingerprint density at radius 3 is 2.38 bits per heavy atom. The molecule has 0 spiro atoms. The van der Waals surface area contributed by atoms with Crippen LogP contribution in [0.15, 0.2) is 0 Å². The monoisotopic (exact) mass is 310 g/mol. The Bertz CT molecular complexity index is 41.7. The molecule has 0 N–H and O–H groups in total. The van der Waals surface area contributed by atoms with Gasteiger partial charge in [-0.1, -0.05) is 0 Å². The summed E-state index contributed by atoms with van der Waals surface area (Å²) in [6.07, 6.45) is 2.90. The molecule has 50 valence electrons. The minimum absolute atomic E-state index is 0.0951. The first-order valence-corrected chi connectivity index (χ1v) is 8.50. The molecule has 0 radical (unpaired) electrons. The Balaban J connectivity index is 2.72. The van der Waals surface area contributed by atoms with Gasteiger partial charge in [0.05, 0.1) is 0 Å². The van der Waals surface area contributed by atoms with Crippen molar-refractivity contribution >= 4 is 23.2 Å². The Hall–Kier alpha value is 0.883. The molecule has 0 nitrogen and oxygen atoms in total. The third-order valence-corrected chi connectivity index (χ3v) is 6.75. The first-order valence-electron chi connectivity index (χ1n) is 3.50. The number of unbranched alkanes of at least 4 members (excludes halogenated alkanes) is 1. The Kier molecular flexibility index (Phi) is 6.67. The molecule has 0 aromatic heterocycles. The quantitative estimate of drug-likeness (QED) is 0.553. The first-order chi connectivity index (χ1) is 3.77. The zero-order chi connectivity index (χ0) is 6.41. The molecule has 0 bridgehead atoms. The van der Waals surface area contributed by atoms with Crippen LogP contribution in [0.5, 0.6) is 0 Å². The Labute approximate surface area is 64.6 Å². The van der Waals surface area contributed by atoms with Crippen LogP contribution in [0, 0.1) is 0 Å². The maximum absolute atomic E-state index is 2.37. The van der Waals surface area contributed by atoms with Crippen molar-refractivity contribution in [2.75, 3.05) is 0 Å². The average molecular weight is 310 g/mol. The molecule has 0 atom stereocenters. The van der Waals surface area contributed by atoms with Gasteiger partial charge >= 0.3 is 64.6 Å². The van der Waals surface area contributed by atoms with Crippen LogP contribution < -0.4 is 0 Å². The van der Waals surface area contributed by atoms with E-state index in [0.717, 1.165) is 3.63 Å². The second kappa shape index (κ2) is 6.01. The number of hydrogen-bond donors (Lipinski definition) is 0. The molecule has 0 aromatic carbocycles. The third kappa shape index (κ3) is 6.88. The van der Waals surface area contributed by atoms with Gasteiger partial charge in [0.25, 0.3) is 0 Å². The Morgan fingerprint density at radius 2 is 2.00 bits per heavy atom. The van der Waals surface area contributed by atoms with E-state index in [1.165, 1.54) is 12.8 Å². The molecule has 0 saturated carbocycles. The molecule has 1 heteroatoms. The first kappa shape index (κ1) is 8.88. The van der Waals surface area contributed by atoms with Gasteiger partial charge in [0.1, 0.15) is 0 Å². The fraction of sp³-hybridized carbons (Fsp3) is 1.00. The normalized spacial score (nSPS) is 10.5. The molecule has 0 amide bonds. The fourth-order valence-electron chi connectivity index (χ4n) is 0.568. The summed E-state index contributed by atoms with van der Waals surface area (Å²) in [5.41, 5.74) is 0. The van der Waals surface area contributed by atoms with Crippen molar-refractivity contribution in [1.29, 1.82) is 0 Å². The molecule has 0 heterocycles. The zero-order valence-corrected chi connectivity index (χ0v) is 10.1. The standard InChI is InChI=1S/C4H9.C3H7.Bi.H/c1-3-4-2;1-3-2;;/h1,3-4H2,2H3;3H,1-2H3;;. The van der Waals surface area contributed by atoms with Gasteiger partial charge in [-0.15, -0.1) is 0 Å². The second-order valence-electron chi connectivity index (χ2n) is 2.46. The van der Waals surface area contributed by atoms with Crippen LogP contribution in [0.3, 0.4) is 0 Å². The molecule has 0 saturated heterocycles. The van der Waals surface area contributed by atoms with Crippen molar-refractivity contribution < 1.29 is 0 Å². The molecular weight excluding hydrogens is 293 g/mol. The predicted octanol–water partition coefficient (Wildman–Crippen LogP) is 2.47. The van der Waals surface area contributed by atoms with E-state index in [2.05, 4.69) is 20.8 Å². The van der Waals surface area contributed by atoms with E-state index >= 15 is 0 Å². The van der Waals surface area contributed by atoms with E-state index in [1.54, 1.807) is 4.13 Å². The second-order valence-corrected chi connectivity index (χ2v) is 10.5. The van der Waals surface area contributed by atoms with Gasteiger partial charge in [-0.2, -0.15) is 0 Å². The van der Waals surface area contributed by atoms with Crippen LogP contribution in [0.2, 0.25) is 7.75 Å². The molecule has 0 fully saturated rings. The van der Waals surface area contributed by atoms with E-state index in [1.807, 2.05) is 0 Å². The van der Waals surface area contributed by atoms with Gasteiger partial charge in [-0.3, -0.25) is 0 Å². The van der Waals surface area contributed by atoms with E-state index in [-0.39, 0.29) is 23.2 Å². The van der Waals surface area contributed by atoms with Crippen LogP contribution in [0.4, 0.5) is 0 Å². The van der Waals surface area contributed by atoms with Crippen molar-refractivity contribution in [3.8, 4) is 0 Å². The molecule has 8 heavy (non-hydrogen) atoms. The van der Waals surface area contributed by atoms with Gasteiger partial charge in [-0.25, -0.2) is 0 Å². The van der Waals surface area contributed by atoms with Crippen molar-refractivity contribution in [2.24, 2.45) is 0 Å². The van der Waals surface area contributed by atoms with Crippen LogP contribution in [-0.4, -0.2) is 23.2 Å². The van der Waals surface area contributed by atoms with Gasteiger partial charge in [0.2, 0.25) is 0 Å². The van der Waals surface area contributed by atoms with Crippen LogP contribution in [0.25, 0.3) is 0 Å². The van der Waals surface area contributed by atoms with Crippen molar-refractivity contribution in [2.45, 2.75) is 41.4 Å². The summed E-state index contributed by atoms with van der Waals surface area (Å²) < 4.78 is 2.72. The molecule has 0 aliphatic heterocycles. The van der Waals surface area contributed by atoms with Crippen molar-refractivity contribution in [3.05, 3.63) is 0 Å². The molecule has 0 unspecified atom stereocenters. The van der Waals surface area contributed by atoms with Gasteiger partial charge < -0.3 is 0 Å². The molecular formula is C7H17Bi. The molecule has 0 aromatic rings. The summed E-state index contributed by atoms with van der Waals surface area (Å²) >= 11 is -0.0951. The van der Waals surface area contributed by atoms with Crippen LogP contribution >= 0.6 is 0 Å². The van der Waals surface area contributed by atoms with E-state index < -0.39 is 0 Å². The SMILES string of the molecule is CCC[CH2][BiH][CH](C)C. The summed E-state index contributed by atoms with van der Waals surface area (Å²) in [6.45, 7) is 7.03. The summed E-state index contributed by atoms with van der Waals surface area (Å²) in [7, 11) is 0. The molecule has 0 aliphatic rings. The molecule has 0 rings (SSSR count). The fourth-order valence-corrected chi connectivity index (χ4v) is 4.98. The summed E-state index contributed by atoms with van der Waals surface area (Å²) in [5.74, 6) is 0. The van der Waals surface area contributed by atoms with Crippen LogP contribution in [0.1, 0.15) is 33.6 Å². The number of rotatable bonds is 4.